The SMILES string of the molecule is O=C(O)N1CCN(c2cc(F)cc(OC3CCN(C(=O)OCc4ccccc4)CC3)c2)CC1. The summed E-state index contributed by atoms with van der Waals surface area (Å²) in [4.78, 5) is 28.4. The second-order valence-electron chi connectivity index (χ2n) is 8.25. The van der Waals surface area contributed by atoms with E-state index in [0.29, 0.717) is 63.5 Å². The van der Waals surface area contributed by atoms with Gasteiger partial charge >= 0.3 is 12.2 Å². The number of likely N-dealkylation sites (tertiary alicyclic amines) is 1. The van der Waals surface area contributed by atoms with Crippen LogP contribution < -0.4 is 9.64 Å². The minimum Gasteiger partial charge on any atom is -0.490 e. The van der Waals surface area contributed by atoms with Gasteiger partial charge in [0.1, 0.15) is 24.3 Å². The Morgan fingerprint density at radius 2 is 1.64 bits per heavy atom. The van der Waals surface area contributed by atoms with E-state index in [2.05, 4.69) is 0 Å². The smallest absolute Gasteiger partial charge is 0.410 e. The second kappa shape index (κ2) is 10.4. The Balaban J connectivity index is 1.27. The molecule has 33 heavy (non-hydrogen) atoms. The highest BCUT2D eigenvalue weighted by atomic mass is 19.1. The molecule has 176 valence electrons. The molecule has 2 aromatic rings. The van der Waals surface area contributed by atoms with E-state index < -0.39 is 11.9 Å². The number of ether oxygens (including phenoxy) is 2. The number of rotatable bonds is 5. The van der Waals surface area contributed by atoms with Crippen LogP contribution in [0.2, 0.25) is 0 Å². The topological polar surface area (TPSA) is 82.6 Å². The number of hydrogen-bond donors (Lipinski definition) is 1. The van der Waals surface area contributed by atoms with Crippen LogP contribution in [0.3, 0.4) is 0 Å². The summed E-state index contributed by atoms with van der Waals surface area (Å²) in [5, 5.41) is 9.10. The molecule has 0 bridgehead atoms. The van der Waals surface area contributed by atoms with E-state index in [0.717, 1.165) is 5.56 Å². The zero-order chi connectivity index (χ0) is 23.2. The third kappa shape index (κ3) is 6.06. The van der Waals surface area contributed by atoms with Crippen molar-refractivity contribution in [3.8, 4) is 5.75 Å². The molecular formula is C24H28FN3O5. The largest absolute Gasteiger partial charge is 0.490 e. The summed E-state index contributed by atoms with van der Waals surface area (Å²) in [6.07, 6.45) is -0.145. The number of hydrogen-bond acceptors (Lipinski definition) is 5. The van der Waals surface area contributed by atoms with Crippen molar-refractivity contribution >= 4 is 17.9 Å². The maximum absolute atomic E-state index is 14.3. The van der Waals surface area contributed by atoms with Crippen molar-refractivity contribution < 1.29 is 28.6 Å². The van der Waals surface area contributed by atoms with Crippen molar-refractivity contribution in [3.05, 3.63) is 59.9 Å². The molecule has 0 saturated carbocycles. The molecule has 2 fully saturated rings. The molecule has 2 aromatic carbocycles. The van der Waals surface area contributed by atoms with Crippen LogP contribution >= 0.6 is 0 Å². The Hall–Kier alpha value is -3.49. The van der Waals surface area contributed by atoms with E-state index in [-0.39, 0.29) is 18.8 Å². The fraction of sp³-hybridized carbons (Fsp3) is 0.417. The lowest BCUT2D eigenvalue weighted by atomic mass is 10.1. The van der Waals surface area contributed by atoms with Crippen LogP contribution in [0.4, 0.5) is 19.7 Å². The Morgan fingerprint density at radius 1 is 0.939 bits per heavy atom. The normalized spacial score (nSPS) is 17.1. The van der Waals surface area contributed by atoms with Crippen LogP contribution in [-0.2, 0) is 11.3 Å². The fourth-order valence-electron chi connectivity index (χ4n) is 4.11. The van der Waals surface area contributed by atoms with E-state index in [1.807, 2.05) is 35.2 Å². The van der Waals surface area contributed by atoms with E-state index in [1.54, 1.807) is 11.0 Å². The van der Waals surface area contributed by atoms with Gasteiger partial charge < -0.3 is 29.3 Å². The standard InChI is InChI=1S/C24H28FN3O5/c25-19-14-20(26-10-12-27(13-11-26)23(29)30)16-22(15-19)33-21-6-8-28(9-7-21)24(31)32-17-18-4-2-1-3-5-18/h1-5,14-16,21H,6-13,17H2,(H,29,30). The van der Waals surface area contributed by atoms with Crippen LogP contribution in [0, 0.1) is 5.82 Å². The number of amides is 2. The maximum atomic E-state index is 14.3. The number of benzene rings is 2. The molecule has 0 unspecified atom stereocenters. The quantitative estimate of drug-likeness (QED) is 0.735. The van der Waals surface area contributed by atoms with Crippen LogP contribution in [0.5, 0.6) is 5.75 Å². The molecule has 0 aliphatic carbocycles. The van der Waals surface area contributed by atoms with Gasteiger partial charge in [0.15, 0.2) is 0 Å². The molecule has 4 rings (SSSR count). The van der Waals surface area contributed by atoms with Crippen LogP contribution in [-0.4, -0.2) is 72.5 Å². The number of piperidine rings is 1. The van der Waals surface area contributed by atoms with Crippen molar-refractivity contribution in [1.82, 2.24) is 9.80 Å². The van der Waals surface area contributed by atoms with Crippen molar-refractivity contribution in [2.75, 3.05) is 44.2 Å². The van der Waals surface area contributed by atoms with E-state index in [9.17, 15) is 14.0 Å². The lowest BCUT2D eigenvalue weighted by Gasteiger charge is -2.35. The average Bonchev–Trinajstić information content (AvgIpc) is 2.83. The first kappa shape index (κ1) is 22.7. The number of halogens is 1. The number of nitrogens with zero attached hydrogens (tertiary/aromatic N) is 3. The van der Waals surface area contributed by atoms with Crippen molar-refractivity contribution in [2.45, 2.75) is 25.6 Å². The Labute approximate surface area is 192 Å². The lowest BCUT2D eigenvalue weighted by molar-refractivity contribution is 0.0637. The maximum Gasteiger partial charge on any atom is 0.410 e. The first-order valence-electron chi connectivity index (χ1n) is 11.1. The Morgan fingerprint density at radius 3 is 2.30 bits per heavy atom. The average molecular weight is 458 g/mol. The molecule has 0 atom stereocenters. The number of carboxylic acid groups (broad SMARTS) is 1. The zero-order valence-electron chi connectivity index (χ0n) is 18.4. The molecular weight excluding hydrogens is 429 g/mol. The predicted octanol–water partition coefficient (Wildman–Crippen LogP) is 3.81. The van der Waals surface area contributed by atoms with Crippen LogP contribution in [0.15, 0.2) is 48.5 Å². The predicted molar refractivity (Wildman–Crippen MR) is 120 cm³/mol. The summed E-state index contributed by atoms with van der Waals surface area (Å²) in [7, 11) is 0. The number of piperazine rings is 1. The monoisotopic (exact) mass is 457 g/mol. The van der Waals surface area contributed by atoms with Crippen molar-refractivity contribution in [3.63, 3.8) is 0 Å². The van der Waals surface area contributed by atoms with E-state index in [4.69, 9.17) is 14.6 Å². The van der Waals surface area contributed by atoms with Gasteiger partial charge in [-0.25, -0.2) is 14.0 Å². The van der Waals surface area contributed by atoms with Crippen molar-refractivity contribution in [2.24, 2.45) is 0 Å². The summed E-state index contributed by atoms with van der Waals surface area (Å²) < 4.78 is 25.7. The third-order valence-electron chi connectivity index (χ3n) is 5.98. The highest BCUT2D eigenvalue weighted by Gasteiger charge is 2.26. The second-order valence-corrected chi connectivity index (χ2v) is 8.25. The summed E-state index contributed by atoms with van der Waals surface area (Å²) >= 11 is 0. The molecule has 9 heteroatoms. The third-order valence-corrected chi connectivity index (χ3v) is 5.98. The highest BCUT2D eigenvalue weighted by Crippen LogP contribution is 2.27. The molecule has 2 saturated heterocycles. The number of carbonyl (C=O) groups excluding carboxylic acids is 1. The summed E-state index contributed by atoms with van der Waals surface area (Å²) in [5.74, 6) is 0.0425. The van der Waals surface area contributed by atoms with Gasteiger partial charge in [0.05, 0.1) is 0 Å². The van der Waals surface area contributed by atoms with E-state index >= 15 is 0 Å². The van der Waals surface area contributed by atoms with Gasteiger partial charge in [0.2, 0.25) is 0 Å². The molecule has 0 radical (unpaired) electrons. The molecule has 2 heterocycles. The molecule has 2 aliphatic rings. The van der Waals surface area contributed by atoms with Gasteiger partial charge in [0, 0.05) is 69.9 Å². The first-order chi connectivity index (χ1) is 16.0. The molecule has 0 aromatic heterocycles. The summed E-state index contributed by atoms with van der Waals surface area (Å²) in [5.41, 5.74) is 1.62. The van der Waals surface area contributed by atoms with Crippen LogP contribution in [0.1, 0.15) is 18.4 Å². The van der Waals surface area contributed by atoms with Gasteiger partial charge in [-0.1, -0.05) is 30.3 Å². The number of anilines is 1. The van der Waals surface area contributed by atoms with Crippen molar-refractivity contribution in [1.29, 1.82) is 0 Å². The minimum atomic E-state index is -0.937. The summed E-state index contributed by atoms with van der Waals surface area (Å²) in [6.45, 7) is 3.01. The fourth-order valence-corrected chi connectivity index (χ4v) is 4.11. The van der Waals surface area contributed by atoms with Gasteiger partial charge in [-0.05, 0) is 11.6 Å². The molecule has 8 nitrogen and oxygen atoms in total. The Bertz CT molecular complexity index is 958. The minimum absolute atomic E-state index is 0.123. The first-order valence-corrected chi connectivity index (χ1v) is 11.1. The molecule has 2 amide bonds. The van der Waals surface area contributed by atoms with Crippen LogP contribution in [0.25, 0.3) is 0 Å². The highest BCUT2D eigenvalue weighted by molar-refractivity contribution is 5.67. The molecule has 1 N–H and O–H groups in total. The van der Waals surface area contributed by atoms with Gasteiger partial charge in [0.25, 0.3) is 0 Å². The molecule has 0 spiro atoms. The van der Waals surface area contributed by atoms with Gasteiger partial charge in [-0.2, -0.15) is 0 Å². The van der Waals surface area contributed by atoms with Gasteiger partial charge in [-0.3, -0.25) is 0 Å². The Kier molecular flexibility index (Phi) is 7.16. The molecule has 2 aliphatic heterocycles. The van der Waals surface area contributed by atoms with E-state index in [1.165, 1.54) is 17.0 Å². The zero-order valence-corrected chi connectivity index (χ0v) is 18.4. The van der Waals surface area contributed by atoms with Gasteiger partial charge in [-0.15, -0.1) is 0 Å². The number of carbonyl (C=O) groups is 2. The lowest BCUT2D eigenvalue weighted by Crippen LogP contribution is -2.48. The summed E-state index contributed by atoms with van der Waals surface area (Å²) in [6, 6.07) is 14.1.